The Bertz CT molecular complexity index is 2840. The number of para-hydroxylation sites is 3. The van der Waals surface area contributed by atoms with Gasteiger partial charge >= 0.3 is 0 Å². The number of hydrogen-bond donors (Lipinski definition) is 0. The highest BCUT2D eigenvalue weighted by molar-refractivity contribution is 8.00. The van der Waals surface area contributed by atoms with Gasteiger partial charge in [-0.3, -0.25) is 0 Å². The molecule has 0 amide bonds. The van der Waals surface area contributed by atoms with Gasteiger partial charge in [-0.15, -0.1) is 0 Å². The molecule has 0 N–H and O–H groups in total. The standard InChI is InChI=1S/C49H31NS2/c1-3-15-32(16-4-1)36-21-14-25-42-48(36)52-45-28-12-9-24-40(45)49(42)39-23-8-11-27-44(39)51-46-31-33(29-30-41(46)49)35-20-13-22-38-37-19-7-10-26-43(37)50(47(35)38)34-17-5-2-6-18-34/h1-31H. The van der Waals surface area contributed by atoms with E-state index in [1.807, 2.05) is 23.5 Å². The topological polar surface area (TPSA) is 4.93 Å². The zero-order valence-electron chi connectivity index (χ0n) is 28.2. The predicted octanol–water partition coefficient (Wildman–Crippen LogP) is 13.4. The molecule has 1 unspecified atom stereocenters. The molecular formula is C49H31NS2. The lowest BCUT2D eigenvalue weighted by Crippen LogP contribution is -2.36. The summed E-state index contributed by atoms with van der Waals surface area (Å²) in [5, 5.41) is 2.54. The Kier molecular flexibility index (Phi) is 6.70. The summed E-state index contributed by atoms with van der Waals surface area (Å²) in [5.41, 5.74) is 13.6. The van der Waals surface area contributed by atoms with E-state index in [0.717, 1.165) is 0 Å². The van der Waals surface area contributed by atoms with Crippen molar-refractivity contribution < 1.29 is 0 Å². The fourth-order valence-electron chi connectivity index (χ4n) is 8.80. The van der Waals surface area contributed by atoms with Gasteiger partial charge in [0.05, 0.1) is 16.4 Å². The van der Waals surface area contributed by atoms with Crippen LogP contribution in [0.25, 0.3) is 49.7 Å². The minimum Gasteiger partial charge on any atom is -0.309 e. The van der Waals surface area contributed by atoms with Gasteiger partial charge in [0.2, 0.25) is 0 Å². The lowest BCUT2D eigenvalue weighted by molar-refractivity contribution is 0.668. The van der Waals surface area contributed by atoms with Crippen molar-refractivity contribution in [1.29, 1.82) is 0 Å². The Labute approximate surface area is 311 Å². The highest BCUT2D eigenvalue weighted by Gasteiger charge is 2.49. The Morgan fingerprint density at radius 1 is 0.385 bits per heavy atom. The van der Waals surface area contributed by atoms with Gasteiger partial charge in [0.1, 0.15) is 0 Å². The van der Waals surface area contributed by atoms with E-state index in [1.165, 1.54) is 91.6 Å². The summed E-state index contributed by atoms with van der Waals surface area (Å²) in [7, 11) is 0. The first kappa shape index (κ1) is 29.9. The van der Waals surface area contributed by atoms with Crippen LogP contribution in [0, 0.1) is 0 Å². The van der Waals surface area contributed by atoms with E-state index in [-0.39, 0.29) is 0 Å². The predicted molar refractivity (Wildman–Crippen MR) is 218 cm³/mol. The molecule has 3 heteroatoms. The third-order valence-electron chi connectivity index (χ3n) is 10.9. The van der Waals surface area contributed by atoms with Gasteiger partial charge in [-0.2, -0.15) is 0 Å². The first-order chi connectivity index (χ1) is 25.8. The molecule has 0 radical (unpaired) electrons. The normalized spacial score (nSPS) is 15.6. The average Bonchev–Trinajstić information content (AvgIpc) is 3.56. The molecule has 9 aromatic rings. The summed E-state index contributed by atoms with van der Waals surface area (Å²) >= 11 is 3.82. The number of hydrogen-bond acceptors (Lipinski definition) is 2. The zero-order valence-corrected chi connectivity index (χ0v) is 29.8. The van der Waals surface area contributed by atoms with Crippen molar-refractivity contribution in [2.24, 2.45) is 0 Å². The van der Waals surface area contributed by atoms with E-state index in [4.69, 9.17) is 0 Å². The summed E-state index contributed by atoms with van der Waals surface area (Å²) in [5.74, 6) is 0. The van der Waals surface area contributed by atoms with Gasteiger partial charge in [-0.25, -0.2) is 0 Å². The Balaban J connectivity index is 1.21. The molecule has 3 heterocycles. The van der Waals surface area contributed by atoms with Crippen molar-refractivity contribution in [3.63, 3.8) is 0 Å². The Morgan fingerprint density at radius 3 is 1.79 bits per heavy atom. The van der Waals surface area contributed by atoms with Gasteiger partial charge in [0.25, 0.3) is 0 Å². The van der Waals surface area contributed by atoms with Crippen LogP contribution in [0.15, 0.2) is 208 Å². The van der Waals surface area contributed by atoms with Crippen molar-refractivity contribution in [2.45, 2.75) is 25.0 Å². The van der Waals surface area contributed by atoms with Crippen molar-refractivity contribution in [3.05, 3.63) is 210 Å². The fraction of sp³-hybridized carbons (Fsp3) is 0.0204. The molecule has 2 aliphatic rings. The highest BCUT2D eigenvalue weighted by Crippen LogP contribution is 2.63. The number of nitrogens with zero attached hydrogens (tertiary/aromatic N) is 1. The molecule has 52 heavy (non-hydrogen) atoms. The zero-order chi connectivity index (χ0) is 34.2. The quantitative estimate of drug-likeness (QED) is 0.181. The third-order valence-corrected chi connectivity index (χ3v) is 13.3. The van der Waals surface area contributed by atoms with E-state index in [0.29, 0.717) is 0 Å². The SMILES string of the molecule is c1ccc(-c2cccc3c2Sc2ccccc2C32c3ccccc3Sc3cc(-c4cccc5c6ccccc6n(-c6ccccc6)c45)ccc32)cc1. The van der Waals surface area contributed by atoms with E-state index >= 15 is 0 Å². The monoisotopic (exact) mass is 697 g/mol. The summed E-state index contributed by atoms with van der Waals surface area (Å²) in [4.78, 5) is 5.25. The molecule has 0 bridgehead atoms. The molecule has 11 rings (SSSR count). The van der Waals surface area contributed by atoms with Gasteiger partial charge < -0.3 is 4.57 Å². The maximum atomic E-state index is 2.46. The molecule has 244 valence electrons. The molecule has 0 aliphatic carbocycles. The fourth-order valence-corrected chi connectivity index (χ4v) is 11.4. The Morgan fingerprint density at radius 2 is 0.981 bits per heavy atom. The lowest BCUT2D eigenvalue weighted by atomic mass is 9.64. The lowest BCUT2D eigenvalue weighted by Gasteiger charge is -2.46. The molecular weight excluding hydrogens is 667 g/mol. The van der Waals surface area contributed by atoms with Crippen LogP contribution in [-0.2, 0) is 5.41 Å². The van der Waals surface area contributed by atoms with Crippen LogP contribution in [0.4, 0.5) is 0 Å². The van der Waals surface area contributed by atoms with Crippen molar-refractivity contribution in [2.75, 3.05) is 0 Å². The van der Waals surface area contributed by atoms with E-state index in [9.17, 15) is 0 Å². The van der Waals surface area contributed by atoms with Crippen LogP contribution in [-0.4, -0.2) is 4.57 Å². The smallest absolute Gasteiger partial charge is 0.0745 e. The third kappa shape index (κ3) is 4.21. The minimum absolute atomic E-state index is 0.470. The number of aromatic nitrogens is 1. The van der Waals surface area contributed by atoms with E-state index in [1.54, 1.807) is 0 Å². The van der Waals surface area contributed by atoms with Crippen molar-refractivity contribution >= 4 is 45.3 Å². The van der Waals surface area contributed by atoms with E-state index in [2.05, 4.69) is 193 Å². The van der Waals surface area contributed by atoms with Crippen LogP contribution < -0.4 is 0 Å². The molecule has 1 spiro atoms. The summed E-state index contributed by atoms with van der Waals surface area (Å²) < 4.78 is 2.44. The molecule has 1 nitrogen and oxygen atoms in total. The number of benzene rings is 8. The average molecular weight is 698 g/mol. The minimum atomic E-state index is -0.470. The van der Waals surface area contributed by atoms with Crippen LogP contribution in [0.1, 0.15) is 22.3 Å². The highest BCUT2D eigenvalue weighted by atomic mass is 32.2. The number of fused-ring (bicyclic) bond motifs is 11. The molecule has 0 saturated heterocycles. The van der Waals surface area contributed by atoms with Gasteiger partial charge in [0, 0.05) is 41.6 Å². The van der Waals surface area contributed by atoms with Crippen LogP contribution in [0.3, 0.4) is 0 Å². The Hall–Kier alpha value is -5.74. The van der Waals surface area contributed by atoms with Crippen LogP contribution >= 0.6 is 23.5 Å². The number of rotatable bonds is 3. The molecule has 1 atom stereocenters. The summed E-state index contributed by atoms with van der Waals surface area (Å²) in [6.45, 7) is 0. The second kappa shape index (κ2) is 11.6. The second-order valence-electron chi connectivity index (χ2n) is 13.6. The molecule has 2 aliphatic heterocycles. The first-order valence-electron chi connectivity index (χ1n) is 17.8. The summed E-state index contributed by atoms with van der Waals surface area (Å²) in [6.07, 6.45) is 0. The molecule has 8 aromatic carbocycles. The molecule has 0 saturated carbocycles. The van der Waals surface area contributed by atoms with Crippen molar-refractivity contribution in [1.82, 2.24) is 4.57 Å². The van der Waals surface area contributed by atoms with Gasteiger partial charge in [-0.1, -0.05) is 175 Å². The largest absolute Gasteiger partial charge is 0.309 e. The van der Waals surface area contributed by atoms with Gasteiger partial charge in [0.15, 0.2) is 0 Å². The van der Waals surface area contributed by atoms with E-state index < -0.39 is 5.41 Å². The second-order valence-corrected chi connectivity index (χ2v) is 15.7. The summed E-state index contributed by atoms with van der Waals surface area (Å²) in [6, 6.07) is 69.6. The molecule has 1 aromatic heterocycles. The maximum Gasteiger partial charge on any atom is 0.0745 e. The van der Waals surface area contributed by atoms with Crippen LogP contribution in [0.2, 0.25) is 0 Å². The van der Waals surface area contributed by atoms with Gasteiger partial charge in [-0.05, 0) is 75.3 Å². The van der Waals surface area contributed by atoms with Crippen LogP contribution in [0.5, 0.6) is 0 Å². The maximum absolute atomic E-state index is 2.46. The molecule has 0 fully saturated rings. The van der Waals surface area contributed by atoms with Crippen molar-refractivity contribution in [3.8, 4) is 27.9 Å². The first-order valence-corrected chi connectivity index (χ1v) is 19.4.